The third kappa shape index (κ3) is 3.57. The van der Waals surface area contributed by atoms with Crippen LogP contribution in [-0.2, 0) is 0 Å². The van der Waals surface area contributed by atoms with E-state index in [-0.39, 0.29) is 25.0 Å². The van der Waals surface area contributed by atoms with E-state index in [1.165, 1.54) is 11.3 Å². The molecule has 1 atom stereocenters. The maximum Gasteiger partial charge on any atom is 0.254 e. The molecule has 2 N–H and O–H groups in total. The zero-order valence-electron chi connectivity index (χ0n) is 10.6. The molecule has 4 nitrogen and oxygen atoms in total. The zero-order valence-corrected chi connectivity index (χ0v) is 11.4. The molecule has 1 aromatic heterocycles. The first kappa shape index (κ1) is 14.1. The van der Waals surface area contributed by atoms with Crippen molar-refractivity contribution in [2.75, 3.05) is 26.3 Å². The monoisotopic (exact) mass is 279 g/mol. The van der Waals surface area contributed by atoms with E-state index in [2.05, 4.69) is 11.8 Å². The van der Waals surface area contributed by atoms with Gasteiger partial charge in [0.15, 0.2) is 0 Å². The highest BCUT2D eigenvalue weighted by Crippen LogP contribution is 2.21. The fourth-order valence-electron chi connectivity index (χ4n) is 2.07. The normalized spacial score (nSPS) is 18.2. The number of rotatable bonds is 3. The van der Waals surface area contributed by atoms with Gasteiger partial charge in [0.05, 0.1) is 17.0 Å². The quantitative estimate of drug-likeness (QED) is 0.809. The number of carbonyl (C=O) groups is 1. The number of likely N-dealkylation sites (tertiary alicyclic amines) is 1. The molecule has 2 heterocycles. The molecule has 1 aliphatic heterocycles. The maximum absolute atomic E-state index is 12.2. The summed E-state index contributed by atoms with van der Waals surface area (Å²) in [6.45, 7) is 1.55. The Labute approximate surface area is 116 Å². The summed E-state index contributed by atoms with van der Waals surface area (Å²) in [5.41, 5.74) is 0.664. The van der Waals surface area contributed by atoms with Crippen molar-refractivity contribution in [3.63, 3.8) is 0 Å². The minimum absolute atomic E-state index is 0.0161. The second-order valence-electron chi connectivity index (χ2n) is 4.56. The number of hydrogen-bond acceptors (Lipinski definition) is 4. The van der Waals surface area contributed by atoms with Gasteiger partial charge in [-0.3, -0.25) is 4.79 Å². The van der Waals surface area contributed by atoms with Gasteiger partial charge in [0.1, 0.15) is 0 Å². The Balaban J connectivity index is 1.99. The van der Waals surface area contributed by atoms with E-state index in [9.17, 15) is 4.79 Å². The van der Waals surface area contributed by atoms with Gasteiger partial charge in [-0.05, 0) is 12.5 Å². The largest absolute Gasteiger partial charge is 0.396 e. The predicted molar refractivity (Wildman–Crippen MR) is 74.0 cm³/mol. The van der Waals surface area contributed by atoms with Crippen LogP contribution in [0, 0.1) is 17.8 Å². The van der Waals surface area contributed by atoms with Crippen LogP contribution in [0.5, 0.6) is 0 Å². The molecule has 19 heavy (non-hydrogen) atoms. The van der Waals surface area contributed by atoms with Crippen LogP contribution in [0.25, 0.3) is 0 Å². The zero-order chi connectivity index (χ0) is 13.7. The van der Waals surface area contributed by atoms with Crippen molar-refractivity contribution in [1.82, 2.24) is 4.90 Å². The number of aliphatic hydroxyl groups is 2. The molecule has 0 aromatic carbocycles. The summed E-state index contributed by atoms with van der Waals surface area (Å²) in [6, 6.07) is 1.80. The van der Waals surface area contributed by atoms with Crippen LogP contribution in [-0.4, -0.2) is 47.3 Å². The van der Waals surface area contributed by atoms with Crippen LogP contribution < -0.4 is 0 Å². The smallest absolute Gasteiger partial charge is 0.254 e. The number of nitrogens with zero attached hydrogens (tertiary/aromatic N) is 1. The van der Waals surface area contributed by atoms with E-state index in [1.54, 1.807) is 11.0 Å². The number of carbonyl (C=O) groups excluding carboxylic acids is 1. The van der Waals surface area contributed by atoms with Gasteiger partial charge < -0.3 is 15.1 Å². The van der Waals surface area contributed by atoms with E-state index in [0.717, 1.165) is 11.3 Å². The van der Waals surface area contributed by atoms with Crippen LogP contribution in [0.15, 0.2) is 11.4 Å². The van der Waals surface area contributed by atoms with Crippen molar-refractivity contribution in [2.24, 2.45) is 5.92 Å². The molecule has 1 aromatic rings. The summed E-state index contributed by atoms with van der Waals surface area (Å²) in [5, 5.41) is 19.6. The van der Waals surface area contributed by atoms with Crippen molar-refractivity contribution in [3.05, 3.63) is 21.9 Å². The fourth-order valence-corrected chi connectivity index (χ4v) is 2.82. The molecule has 5 heteroatoms. The Morgan fingerprint density at radius 3 is 3.05 bits per heavy atom. The maximum atomic E-state index is 12.2. The minimum atomic E-state index is 0.0161. The van der Waals surface area contributed by atoms with E-state index in [1.807, 2.05) is 5.38 Å². The van der Waals surface area contributed by atoms with Gasteiger partial charge in [0.25, 0.3) is 5.91 Å². The molecule has 0 radical (unpaired) electrons. The number of aliphatic hydroxyl groups excluding tert-OH is 2. The second-order valence-corrected chi connectivity index (χ2v) is 5.47. The fraction of sp³-hybridized carbons (Fsp3) is 0.500. The number of amides is 1. The summed E-state index contributed by atoms with van der Waals surface area (Å²) in [4.78, 5) is 14.8. The molecule has 0 aliphatic carbocycles. The molecule has 0 bridgehead atoms. The Kier molecular flexibility index (Phi) is 4.97. The summed E-state index contributed by atoms with van der Waals surface area (Å²) in [5.74, 6) is 6.00. The highest BCUT2D eigenvalue weighted by Gasteiger charge is 2.26. The lowest BCUT2D eigenvalue weighted by Gasteiger charge is -2.14. The molecule has 1 unspecified atom stereocenters. The van der Waals surface area contributed by atoms with Crippen LogP contribution in [0.1, 0.15) is 28.1 Å². The molecule has 1 aliphatic rings. The predicted octanol–water partition coefficient (Wildman–Crippen LogP) is 0.936. The lowest BCUT2D eigenvalue weighted by molar-refractivity contribution is 0.0782. The van der Waals surface area contributed by atoms with E-state index in [0.29, 0.717) is 25.1 Å². The molecule has 0 saturated carbocycles. The van der Waals surface area contributed by atoms with Crippen LogP contribution in [0.4, 0.5) is 0 Å². The second kappa shape index (κ2) is 6.71. The summed E-state index contributed by atoms with van der Waals surface area (Å²) >= 11 is 1.44. The van der Waals surface area contributed by atoms with E-state index in [4.69, 9.17) is 10.2 Å². The molecule has 102 valence electrons. The molecule has 1 saturated heterocycles. The third-order valence-corrected chi connectivity index (χ3v) is 3.97. The first-order valence-electron chi connectivity index (χ1n) is 6.33. The summed E-state index contributed by atoms with van der Waals surface area (Å²) < 4.78 is 0. The minimum Gasteiger partial charge on any atom is -0.396 e. The topological polar surface area (TPSA) is 60.8 Å². The highest BCUT2D eigenvalue weighted by molar-refractivity contribution is 7.10. The van der Waals surface area contributed by atoms with Gasteiger partial charge in [-0.1, -0.05) is 11.8 Å². The van der Waals surface area contributed by atoms with Gasteiger partial charge in [-0.2, -0.15) is 0 Å². The lowest BCUT2D eigenvalue weighted by Crippen LogP contribution is -2.28. The van der Waals surface area contributed by atoms with Crippen LogP contribution in [0.2, 0.25) is 0 Å². The average Bonchev–Trinajstić information content (AvgIpc) is 3.07. The van der Waals surface area contributed by atoms with Crippen LogP contribution in [0.3, 0.4) is 0 Å². The summed E-state index contributed by atoms with van der Waals surface area (Å²) in [6.07, 6.45) is 1.32. The first-order valence-corrected chi connectivity index (χ1v) is 7.21. The molecular formula is C14H17NO3S. The van der Waals surface area contributed by atoms with Gasteiger partial charge in [-0.25, -0.2) is 0 Å². The average molecular weight is 279 g/mol. The van der Waals surface area contributed by atoms with Crippen LogP contribution >= 0.6 is 11.3 Å². The molecule has 1 amide bonds. The van der Waals surface area contributed by atoms with Crippen molar-refractivity contribution < 1.29 is 15.0 Å². The van der Waals surface area contributed by atoms with Crippen molar-refractivity contribution >= 4 is 17.2 Å². The highest BCUT2D eigenvalue weighted by atomic mass is 32.1. The Morgan fingerprint density at radius 1 is 1.53 bits per heavy atom. The Morgan fingerprint density at radius 2 is 2.37 bits per heavy atom. The lowest BCUT2D eigenvalue weighted by atomic mass is 10.1. The molecule has 1 fully saturated rings. The third-order valence-electron chi connectivity index (χ3n) is 3.13. The molecular weight excluding hydrogens is 262 g/mol. The van der Waals surface area contributed by atoms with Gasteiger partial charge in [0, 0.05) is 37.4 Å². The SMILES string of the molecule is O=C(c1csc(C#CCCO)c1)N1CCC(CO)C1. The van der Waals surface area contributed by atoms with Crippen molar-refractivity contribution in [2.45, 2.75) is 12.8 Å². The first-order chi connectivity index (χ1) is 9.24. The van der Waals surface area contributed by atoms with Crippen molar-refractivity contribution in [1.29, 1.82) is 0 Å². The van der Waals surface area contributed by atoms with Gasteiger partial charge in [-0.15, -0.1) is 11.3 Å². The summed E-state index contributed by atoms with van der Waals surface area (Å²) in [7, 11) is 0. The Hall–Kier alpha value is -1.35. The van der Waals surface area contributed by atoms with Gasteiger partial charge in [0.2, 0.25) is 0 Å². The Bertz CT molecular complexity index is 500. The standard InChI is InChI=1S/C14H17NO3S/c16-6-2-1-3-13-7-12(10-19-13)14(18)15-5-4-11(8-15)9-17/h7,10-11,16-17H,2,4-6,8-9H2. The molecule has 0 spiro atoms. The van der Waals surface area contributed by atoms with Gasteiger partial charge >= 0.3 is 0 Å². The number of thiophene rings is 1. The van der Waals surface area contributed by atoms with Crippen molar-refractivity contribution in [3.8, 4) is 11.8 Å². The van der Waals surface area contributed by atoms with E-state index < -0.39 is 0 Å². The van der Waals surface area contributed by atoms with E-state index >= 15 is 0 Å². The molecule has 2 rings (SSSR count). The number of hydrogen-bond donors (Lipinski definition) is 2.